The quantitative estimate of drug-likeness (QED) is 0.294. The lowest BCUT2D eigenvalue weighted by Crippen LogP contribution is -2.41. The number of aliphatic imine (C=N–C) groups is 1. The highest BCUT2D eigenvalue weighted by Crippen LogP contribution is 2.08. The normalized spacial score (nSPS) is 10.6. The molecule has 0 fully saturated rings. The van der Waals surface area contributed by atoms with E-state index in [4.69, 9.17) is 0 Å². The summed E-state index contributed by atoms with van der Waals surface area (Å²) in [5.74, 6) is -0.187. The largest absolute Gasteiger partial charge is 0.357 e. The molecule has 2 amide bonds. The van der Waals surface area contributed by atoms with E-state index in [2.05, 4.69) is 20.9 Å². The van der Waals surface area contributed by atoms with Gasteiger partial charge in [0.2, 0.25) is 5.91 Å². The van der Waals surface area contributed by atoms with Gasteiger partial charge in [0, 0.05) is 31.9 Å². The van der Waals surface area contributed by atoms with Crippen LogP contribution in [0.1, 0.15) is 22.8 Å². The first-order chi connectivity index (χ1) is 13.9. The van der Waals surface area contributed by atoms with Crippen molar-refractivity contribution in [3.63, 3.8) is 0 Å². The lowest BCUT2D eigenvalue weighted by atomic mass is 10.1. The van der Waals surface area contributed by atoms with Crippen LogP contribution in [0.2, 0.25) is 0 Å². The zero-order valence-corrected chi connectivity index (χ0v) is 19.6. The number of nitrogens with zero attached hydrogens (tertiary/aromatic N) is 2. The van der Waals surface area contributed by atoms with Crippen molar-refractivity contribution >= 4 is 47.4 Å². The highest BCUT2D eigenvalue weighted by molar-refractivity contribution is 14.0. The standard InChI is InChI=1S/C21H26FN5O2.HI/c1-4-23-21(25-14-19(28)26-18-11-9-17(22)10-12-18)24-13-15-5-7-16(8-6-15)20(29)27(2)3;/h5-12H,4,13-14H2,1-3H3,(H,26,28)(H2,23,24,25);1H. The lowest BCUT2D eigenvalue weighted by molar-refractivity contribution is -0.115. The van der Waals surface area contributed by atoms with Crippen LogP contribution >= 0.6 is 24.0 Å². The molecule has 0 radical (unpaired) electrons. The van der Waals surface area contributed by atoms with Crippen molar-refractivity contribution < 1.29 is 14.0 Å². The van der Waals surface area contributed by atoms with Crippen LogP contribution < -0.4 is 16.0 Å². The number of benzene rings is 2. The van der Waals surface area contributed by atoms with Crippen molar-refractivity contribution in [1.82, 2.24) is 15.5 Å². The van der Waals surface area contributed by atoms with Crippen molar-refractivity contribution in [1.29, 1.82) is 0 Å². The molecule has 2 aromatic rings. The summed E-state index contributed by atoms with van der Waals surface area (Å²) in [5.41, 5.74) is 2.07. The monoisotopic (exact) mass is 527 g/mol. The van der Waals surface area contributed by atoms with Gasteiger partial charge in [0.05, 0.1) is 13.1 Å². The Balaban J connectivity index is 0.00000450. The van der Waals surface area contributed by atoms with E-state index in [0.29, 0.717) is 30.3 Å². The molecule has 0 saturated carbocycles. The minimum absolute atomic E-state index is 0. The topological polar surface area (TPSA) is 85.8 Å². The SMILES string of the molecule is CCNC(=NCc1ccc(C(=O)N(C)C)cc1)NCC(=O)Nc1ccc(F)cc1.I. The second-order valence-corrected chi connectivity index (χ2v) is 6.50. The van der Waals surface area contributed by atoms with E-state index in [1.165, 1.54) is 29.2 Å². The molecular weight excluding hydrogens is 500 g/mol. The van der Waals surface area contributed by atoms with Crippen molar-refractivity contribution in [2.24, 2.45) is 4.99 Å². The van der Waals surface area contributed by atoms with Crippen molar-refractivity contribution in [3.05, 3.63) is 65.5 Å². The highest BCUT2D eigenvalue weighted by atomic mass is 127. The van der Waals surface area contributed by atoms with Crippen LogP contribution in [-0.4, -0.2) is 49.9 Å². The van der Waals surface area contributed by atoms with E-state index in [1.807, 2.05) is 19.1 Å². The molecule has 0 unspecified atom stereocenters. The minimum atomic E-state index is -0.359. The van der Waals surface area contributed by atoms with Gasteiger partial charge in [0.1, 0.15) is 5.82 Å². The fourth-order valence-corrected chi connectivity index (χ4v) is 2.43. The molecule has 0 aliphatic rings. The highest BCUT2D eigenvalue weighted by Gasteiger charge is 2.08. The van der Waals surface area contributed by atoms with Crippen LogP contribution in [0.5, 0.6) is 0 Å². The first kappa shape index (κ1) is 25.3. The minimum Gasteiger partial charge on any atom is -0.357 e. The van der Waals surface area contributed by atoms with Gasteiger partial charge in [-0.3, -0.25) is 9.59 Å². The predicted molar refractivity (Wildman–Crippen MR) is 128 cm³/mol. The van der Waals surface area contributed by atoms with Crippen molar-refractivity contribution in [2.45, 2.75) is 13.5 Å². The fourth-order valence-electron chi connectivity index (χ4n) is 2.43. The number of carbonyl (C=O) groups excluding carboxylic acids is 2. The maximum Gasteiger partial charge on any atom is 0.253 e. The van der Waals surface area contributed by atoms with Crippen molar-refractivity contribution in [3.8, 4) is 0 Å². The summed E-state index contributed by atoms with van der Waals surface area (Å²) in [5, 5.41) is 8.71. The summed E-state index contributed by atoms with van der Waals surface area (Å²) in [6.45, 7) is 2.98. The van der Waals surface area contributed by atoms with Gasteiger partial charge in [-0.05, 0) is 48.9 Å². The molecule has 0 aromatic heterocycles. The van der Waals surface area contributed by atoms with Crippen LogP contribution in [0, 0.1) is 5.82 Å². The number of anilines is 1. The Morgan fingerprint density at radius 2 is 1.63 bits per heavy atom. The average Bonchev–Trinajstić information content (AvgIpc) is 2.71. The van der Waals surface area contributed by atoms with E-state index in [1.54, 1.807) is 26.2 Å². The van der Waals surface area contributed by atoms with Gasteiger partial charge < -0.3 is 20.9 Å². The molecule has 0 bridgehead atoms. The molecule has 0 saturated heterocycles. The Bertz CT molecular complexity index is 855. The van der Waals surface area contributed by atoms with Crippen LogP contribution in [0.25, 0.3) is 0 Å². The maximum atomic E-state index is 12.9. The Hall–Kier alpha value is -2.69. The Morgan fingerprint density at radius 1 is 1.00 bits per heavy atom. The number of guanidine groups is 1. The third-order valence-corrected chi connectivity index (χ3v) is 3.92. The van der Waals surface area contributed by atoms with E-state index in [0.717, 1.165) is 5.56 Å². The first-order valence-electron chi connectivity index (χ1n) is 9.27. The number of hydrogen-bond donors (Lipinski definition) is 3. The zero-order chi connectivity index (χ0) is 21.2. The summed E-state index contributed by atoms with van der Waals surface area (Å²) >= 11 is 0. The molecule has 0 aliphatic carbocycles. The Labute approximate surface area is 193 Å². The molecule has 30 heavy (non-hydrogen) atoms. The molecule has 0 heterocycles. The van der Waals surface area contributed by atoms with Gasteiger partial charge in [0.15, 0.2) is 5.96 Å². The Kier molecular flexibility index (Phi) is 10.8. The second-order valence-electron chi connectivity index (χ2n) is 6.50. The number of hydrogen-bond acceptors (Lipinski definition) is 3. The van der Waals surface area contributed by atoms with Gasteiger partial charge in [-0.15, -0.1) is 24.0 Å². The van der Waals surface area contributed by atoms with Gasteiger partial charge in [-0.1, -0.05) is 12.1 Å². The zero-order valence-electron chi connectivity index (χ0n) is 17.2. The van der Waals surface area contributed by atoms with Gasteiger partial charge >= 0.3 is 0 Å². The lowest BCUT2D eigenvalue weighted by Gasteiger charge is -2.12. The summed E-state index contributed by atoms with van der Waals surface area (Å²) in [6, 6.07) is 12.8. The Morgan fingerprint density at radius 3 is 2.20 bits per heavy atom. The first-order valence-corrected chi connectivity index (χ1v) is 9.27. The molecule has 0 spiro atoms. The van der Waals surface area contributed by atoms with Crippen LogP contribution in [0.3, 0.4) is 0 Å². The van der Waals surface area contributed by atoms with E-state index < -0.39 is 0 Å². The van der Waals surface area contributed by atoms with E-state index in [9.17, 15) is 14.0 Å². The smallest absolute Gasteiger partial charge is 0.253 e. The van der Waals surface area contributed by atoms with E-state index in [-0.39, 0.29) is 48.2 Å². The number of rotatable bonds is 7. The van der Waals surface area contributed by atoms with Gasteiger partial charge in [-0.2, -0.15) is 0 Å². The van der Waals surface area contributed by atoms with Gasteiger partial charge in [0.25, 0.3) is 5.91 Å². The van der Waals surface area contributed by atoms with Crippen molar-refractivity contribution in [2.75, 3.05) is 32.5 Å². The maximum absolute atomic E-state index is 12.9. The molecule has 3 N–H and O–H groups in total. The molecule has 162 valence electrons. The van der Waals surface area contributed by atoms with Crippen LogP contribution in [-0.2, 0) is 11.3 Å². The molecule has 0 atom stereocenters. The van der Waals surface area contributed by atoms with Crippen LogP contribution in [0.4, 0.5) is 10.1 Å². The summed E-state index contributed by atoms with van der Waals surface area (Å²) < 4.78 is 12.9. The molecule has 2 aromatic carbocycles. The number of amides is 2. The average molecular weight is 527 g/mol. The van der Waals surface area contributed by atoms with Crippen LogP contribution in [0.15, 0.2) is 53.5 Å². The number of nitrogens with one attached hydrogen (secondary N) is 3. The van der Waals surface area contributed by atoms with E-state index >= 15 is 0 Å². The number of carbonyl (C=O) groups is 2. The second kappa shape index (κ2) is 12.8. The predicted octanol–water partition coefficient (Wildman–Crippen LogP) is 2.84. The molecule has 2 rings (SSSR count). The summed E-state index contributed by atoms with van der Waals surface area (Å²) in [4.78, 5) is 30.0. The fraction of sp³-hybridized carbons (Fsp3) is 0.286. The summed E-state index contributed by atoms with van der Waals surface area (Å²) in [6.07, 6.45) is 0. The number of halogens is 2. The summed E-state index contributed by atoms with van der Waals surface area (Å²) in [7, 11) is 3.42. The molecule has 0 aliphatic heterocycles. The molecule has 9 heteroatoms. The van der Waals surface area contributed by atoms with Gasteiger partial charge in [-0.25, -0.2) is 9.38 Å². The third-order valence-electron chi connectivity index (χ3n) is 3.92. The molecule has 7 nitrogen and oxygen atoms in total. The third kappa shape index (κ3) is 8.36. The molecular formula is C21H27FIN5O2.